The summed E-state index contributed by atoms with van der Waals surface area (Å²) in [6, 6.07) is 9.70. The standard InChI is InChI=1S/C14H15BrN2O/c1-10-13(12-6-4-3-5-7-12)14(18)16-11(2)17(10)9-8-15/h3-7H,8-9H2,1-2H3. The molecule has 2 rings (SSSR count). The zero-order chi connectivity index (χ0) is 13.1. The van der Waals surface area contributed by atoms with E-state index in [1.54, 1.807) is 0 Å². The minimum absolute atomic E-state index is 0.151. The highest BCUT2D eigenvalue weighted by atomic mass is 79.9. The Balaban J connectivity index is 2.68. The average molecular weight is 307 g/mol. The summed E-state index contributed by atoms with van der Waals surface area (Å²) in [5, 5.41) is 0.841. The van der Waals surface area contributed by atoms with Crippen molar-refractivity contribution in [2.75, 3.05) is 5.33 Å². The van der Waals surface area contributed by atoms with Gasteiger partial charge in [-0.25, -0.2) is 0 Å². The molecule has 0 aliphatic rings. The molecule has 0 aliphatic heterocycles. The average Bonchev–Trinajstić information content (AvgIpc) is 2.35. The lowest BCUT2D eigenvalue weighted by Gasteiger charge is -2.15. The molecule has 0 atom stereocenters. The lowest BCUT2D eigenvalue weighted by atomic mass is 10.1. The van der Waals surface area contributed by atoms with Crippen LogP contribution in [-0.2, 0) is 6.54 Å². The quantitative estimate of drug-likeness (QED) is 0.817. The van der Waals surface area contributed by atoms with Crippen molar-refractivity contribution in [1.29, 1.82) is 0 Å². The molecule has 18 heavy (non-hydrogen) atoms. The highest BCUT2D eigenvalue weighted by molar-refractivity contribution is 9.09. The summed E-state index contributed by atoms with van der Waals surface area (Å²) in [6.45, 7) is 4.65. The van der Waals surface area contributed by atoms with Gasteiger partial charge in [-0.15, -0.1) is 0 Å². The van der Waals surface area contributed by atoms with Gasteiger partial charge in [0.25, 0.3) is 5.56 Å². The van der Waals surface area contributed by atoms with Gasteiger partial charge in [-0.2, -0.15) is 4.98 Å². The van der Waals surface area contributed by atoms with Gasteiger partial charge in [-0.1, -0.05) is 46.3 Å². The number of nitrogens with zero attached hydrogens (tertiary/aromatic N) is 2. The molecular formula is C14H15BrN2O. The van der Waals surface area contributed by atoms with Crippen molar-refractivity contribution in [3.63, 3.8) is 0 Å². The fourth-order valence-electron chi connectivity index (χ4n) is 2.15. The summed E-state index contributed by atoms with van der Waals surface area (Å²) in [5.41, 5.74) is 2.44. The van der Waals surface area contributed by atoms with Crippen LogP contribution in [0, 0.1) is 13.8 Å². The van der Waals surface area contributed by atoms with Crippen molar-refractivity contribution < 1.29 is 0 Å². The van der Waals surface area contributed by atoms with E-state index in [2.05, 4.69) is 25.5 Å². The van der Waals surface area contributed by atoms with E-state index in [4.69, 9.17) is 0 Å². The molecule has 1 aromatic heterocycles. The van der Waals surface area contributed by atoms with Gasteiger partial charge in [0, 0.05) is 17.6 Å². The van der Waals surface area contributed by atoms with Crippen LogP contribution in [0.2, 0.25) is 0 Å². The highest BCUT2D eigenvalue weighted by Crippen LogP contribution is 2.19. The molecule has 0 fully saturated rings. The van der Waals surface area contributed by atoms with E-state index in [9.17, 15) is 4.79 Å². The molecule has 0 unspecified atom stereocenters. The smallest absolute Gasteiger partial charge is 0.281 e. The first kappa shape index (κ1) is 13.0. The number of alkyl halides is 1. The normalized spacial score (nSPS) is 10.6. The van der Waals surface area contributed by atoms with E-state index < -0.39 is 0 Å². The first-order valence-corrected chi connectivity index (χ1v) is 6.96. The van der Waals surface area contributed by atoms with Gasteiger partial charge in [0.05, 0.1) is 5.56 Å². The Kier molecular flexibility index (Phi) is 3.97. The molecule has 94 valence electrons. The van der Waals surface area contributed by atoms with Crippen LogP contribution in [0.5, 0.6) is 0 Å². The third-order valence-electron chi connectivity index (χ3n) is 3.01. The Bertz CT molecular complexity index is 605. The molecule has 3 nitrogen and oxygen atoms in total. The number of benzene rings is 1. The maximum Gasteiger partial charge on any atom is 0.281 e. The lowest BCUT2D eigenvalue weighted by Crippen LogP contribution is -2.21. The van der Waals surface area contributed by atoms with Gasteiger partial charge in [0.15, 0.2) is 0 Å². The predicted molar refractivity (Wildman–Crippen MR) is 77.2 cm³/mol. The Morgan fingerprint density at radius 3 is 2.50 bits per heavy atom. The van der Waals surface area contributed by atoms with Crippen LogP contribution in [0.25, 0.3) is 11.1 Å². The maximum atomic E-state index is 12.1. The molecule has 0 bridgehead atoms. The molecule has 0 saturated heterocycles. The molecule has 1 aromatic carbocycles. The predicted octanol–water partition coefficient (Wildman–Crippen LogP) is 2.92. The SMILES string of the molecule is Cc1nc(=O)c(-c2ccccc2)c(C)n1CCBr. The monoisotopic (exact) mass is 306 g/mol. The Morgan fingerprint density at radius 1 is 1.22 bits per heavy atom. The highest BCUT2D eigenvalue weighted by Gasteiger charge is 2.12. The van der Waals surface area contributed by atoms with E-state index in [1.807, 2.05) is 44.2 Å². The molecule has 4 heteroatoms. The van der Waals surface area contributed by atoms with Crippen LogP contribution < -0.4 is 5.56 Å². The molecule has 1 heterocycles. The second-order valence-electron chi connectivity index (χ2n) is 4.13. The lowest BCUT2D eigenvalue weighted by molar-refractivity contribution is 0.681. The summed E-state index contributed by atoms with van der Waals surface area (Å²) < 4.78 is 2.07. The summed E-state index contributed by atoms with van der Waals surface area (Å²) in [4.78, 5) is 16.2. The van der Waals surface area contributed by atoms with Gasteiger partial charge in [-0.05, 0) is 19.4 Å². The van der Waals surface area contributed by atoms with Crippen molar-refractivity contribution in [3.05, 3.63) is 52.2 Å². The molecule has 0 radical (unpaired) electrons. The fraction of sp³-hybridized carbons (Fsp3) is 0.286. The van der Waals surface area contributed by atoms with Crippen LogP contribution >= 0.6 is 15.9 Å². The van der Waals surface area contributed by atoms with Crippen LogP contribution in [0.15, 0.2) is 35.1 Å². The summed E-state index contributed by atoms with van der Waals surface area (Å²) in [5.74, 6) is 0.761. The van der Waals surface area contributed by atoms with E-state index in [0.717, 1.165) is 29.0 Å². The Hall–Kier alpha value is -1.42. The molecule has 0 N–H and O–H groups in total. The summed E-state index contributed by atoms with van der Waals surface area (Å²) in [7, 11) is 0. The Labute approximate surface area is 115 Å². The topological polar surface area (TPSA) is 34.9 Å². The molecule has 0 saturated carbocycles. The van der Waals surface area contributed by atoms with E-state index in [0.29, 0.717) is 5.56 Å². The van der Waals surface area contributed by atoms with Gasteiger partial charge in [0.1, 0.15) is 5.82 Å². The van der Waals surface area contributed by atoms with Crippen molar-refractivity contribution in [2.45, 2.75) is 20.4 Å². The van der Waals surface area contributed by atoms with Gasteiger partial charge >= 0.3 is 0 Å². The number of hydrogen-bond donors (Lipinski definition) is 0. The minimum atomic E-state index is -0.151. The van der Waals surface area contributed by atoms with Crippen LogP contribution in [-0.4, -0.2) is 14.9 Å². The number of halogens is 1. The van der Waals surface area contributed by atoms with Crippen molar-refractivity contribution in [2.24, 2.45) is 0 Å². The maximum absolute atomic E-state index is 12.1. The van der Waals surface area contributed by atoms with Gasteiger partial charge < -0.3 is 4.57 Å². The van der Waals surface area contributed by atoms with Crippen LogP contribution in [0.4, 0.5) is 0 Å². The van der Waals surface area contributed by atoms with Crippen LogP contribution in [0.1, 0.15) is 11.5 Å². The molecule has 2 aromatic rings. The number of aryl methyl sites for hydroxylation is 1. The largest absolute Gasteiger partial charge is 0.332 e. The Morgan fingerprint density at radius 2 is 1.89 bits per heavy atom. The second kappa shape index (κ2) is 5.48. The van der Waals surface area contributed by atoms with Gasteiger partial charge in [0.2, 0.25) is 0 Å². The van der Waals surface area contributed by atoms with Crippen LogP contribution in [0.3, 0.4) is 0 Å². The fourth-order valence-corrected chi connectivity index (χ4v) is 2.50. The zero-order valence-electron chi connectivity index (χ0n) is 10.5. The minimum Gasteiger partial charge on any atom is -0.332 e. The number of rotatable bonds is 3. The third kappa shape index (κ3) is 2.38. The molecular weight excluding hydrogens is 292 g/mol. The summed E-state index contributed by atoms with van der Waals surface area (Å²) in [6.07, 6.45) is 0. The molecule has 0 spiro atoms. The van der Waals surface area contributed by atoms with E-state index >= 15 is 0 Å². The van der Waals surface area contributed by atoms with Crippen molar-refractivity contribution in [3.8, 4) is 11.1 Å². The van der Waals surface area contributed by atoms with Crippen molar-refractivity contribution in [1.82, 2.24) is 9.55 Å². The first-order chi connectivity index (χ1) is 8.65. The second-order valence-corrected chi connectivity index (χ2v) is 4.92. The van der Waals surface area contributed by atoms with Gasteiger partial charge in [-0.3, -0.25) is 4.79 Å². The number of aromatic nitrogens is 2. The van der Waals surface area contributed by atoms with Crippen molar-refractivity contribution >= 4 is 15.9 Å². The number of hydrogen-bond acceptors (Lipinski definition) is 2. The summed E-state index contributed by atoms with van der Waals surface area (Å²) >= 11 is 3.43. The molecule has 0 aliphatic carbocycles. The van der Waals surface area contributed by atoms with E-state index in [-0.39, 0.29) is 5.56 Å². The molecule has 0 amide bonds. The third-order valence-corrected chi connectivity index (χ3v) is 3.36. The zero-order valence-corrected chi connectivity index (χ0v) is 12.1. The van der Waals surface area contributed by atoms with E-state index in [1.165, 1.54) is 0 Å². The first-order valence-electron chi connectivity index (χ1n) is 5.84.